The van der Waals surface area contributed by atoms with E-state index in [9.17, 15) is 12.8 Å². The Balaban J connectivity index is 2.38. The quantitative estimate of drug-likeness (QED) is 0.940. The van der Waals surface area contributed by atoms with Crippen LogP contribution in [0.5, 0.6) is 0 Å². The number of anilines is 1. The molecule has 0 fully saturated rings. The van der Waals surface area contributed by atoms with Crippen LogP contribution in [0.3, 0.4) is 0 Å². The third kappa shape index (κ3) is 3.08. The summed E-state index contributed by atoms with van der Waals surface area (Å²) in [4.78, 5) is 3.77. The molecule has 0 saturated heterocycles. The van der Waals surface area contributed by atoms with Crippen molar-refractivity contribution in [1.29, 1.82) is 0 Å². The second kappa shape index (κ2) is 4.97. The summed E-state index contributed by atoms with van der Waals surface area (Å²) in [7, 11) is -3.73. The highest BCUT2D eigenvalue weighted by Crippen LogP contribution is 2.20. The highest BCUT2D eigenvalue weighted by atomic mass is 32.2. The van der Waals surface area contributed by atoms with E-state index in [-0.39, 0.29) is 10.6 Å². The number of aromatic nitrogens is 1. The van der Waals surface area contributed by atoms with Crippen LogP contribution in [-0.2, 0) is 10.0 Å². The van der Waals surface area contributed by atoms with Gasteiger partial charge in [0.1, 0.15) is 5.82 Å². The van der Waals surface area contributed by atoms with Crippen molar-refractivity contribution in [1.82, 2.24) is 4.98 Å². The Hall–Kier alpha value is -1.95. The molecule has 2 aromatic rings. The zero-order chi connectivity index (χ0) is 14.0. The summed E-state index contributed by atoms with van der Waals surface area (Å²) < 4.78 is 39.7. The molecule has 100 valence electrons. The predicted octanol–water partition coefficient (Wildman–Crippen LogP) is 2.64. The van der Waals surface area contributed by atoms with Gasteiger partial charge in [0.25, 0.3) is 10.0 Å². The largest absolute Gasteiger partial charge is 0.278 e. The van der Waals surface area contributed by atoms with Gasteiger partial charge in [-0.2, -0.15) is 0 Å². The normalized spacial score (nSPS) is 11.3. The van der Waals surface area contributed by atoms with Crippen LogP contribution in [-0.4, -0.2) is 13.4 Å². The Bertz CT molecular complexity index is 714. The maximum absolute atomic E-state index is 13.0. The average molecular weight is 280 g/mol. The van der Waals surface area contributed by atoms with Crippen molar-refractivity contribution in [3.05, 3.63) is 53.6 Å². The van der Waals surface area contributed by atoms with Crippen molar-refractivity contribution in [2.24, 2.45) is 0 Å². The molecule has 4 nitrogen and oxygen atoms in total. The van der Waals surface area contributed by atoms with Crippen LogP contribution in [0.15, 0.2) is 41.6 Å². The van der Waals surface area contributed by atoms with E-state index in [4.69, 9.17) is 0 Å². The Labute approximate surface area is 111 Å². The van der Waals surface area contributed by atoms with Gasteiger partial charge in [-0.25, -0.2) is 12.8 Å². The fourth-order valence-electron chi connectivity index (χ4n) is 1.78. The fourth-order valence-corrected chi connectivity index (χ4v) is 3.04. The summed E-state index contributed by atoms with van der Waals surface area (Å²) in [5.74, 6) is -0.596. The molecular weight excluding hydrogens is 267 g/mol. The fraction of sp³-hybridized carbons (Fsp3) is 0.154. The molecule has 0 atom stereocenters. The first-order chi connectivity index (χ1) is 8.88. The second-order valence-corrected chi connectivity index (χ2v) is 5.92. The van der Waals surface area contributed by atoms with Gasteiger partial charge in [0.05, 0.1) is 23.0 Å². The minimum Gasteiger partial charge on any atom is -0.278 e. The van der Waals surface area contributed by atoms with Gasteiger partial charge in [0.15, 0.2) is 0 Å². The summed E-state index contributed by atoms with van der Waals surface area (Å²) in [6, 6.07) is 6.09. The molecule has 0 aliphatic carbocycles. The number of rotatable bonds is 3. The Kier molecular flexibility index (Phi) is 3.53. The second-order valence-electron chi connectivity index (χ2n) is 4.27. The van der Waals surface area contributed by atoms with Gasteiger partial charge in [-0.05, 0) is 25.5 Å². The molecule has 0 aliphatic heterocycles. The Morgan fingerprint density at radius 1 is 1.16 bits per heavy atom. The zero-order valence-electron chi connectivity index (χ0n) is 10.5. The van der Waals surface area contributed by atoms with Crippen molar-refractivity contribution >= 4 is 15.7 Å². The first kappa shape index (κ1) is 13.5. The Morgan fingerprint density at radius 2 is 1.89 bits per heavy atom. The number of halogens is 1. The van der Waals surface area contributed by atoms with Crippen LogP contribution in [0.4, 0.5) is 10.1 Å². The number of nitrogens with one attached hydrogen (secondary N) is 1. The van der Waals surface area contributed by atoms with Gasteiger partial charge in [-0.3, -0.25) is 9.71 Å². The molecular formula is C13H13FN2O2S. The van der Waals surface area contributed by atoms with Gasteiger partial charge < -0.3 is 0 Å². The molecule has 0 radical (unpaired) electrons. The minimum atomic E-state index is -3.73. The van der Waals surface area contributed by atoms with Gasteiger partial charge in [0, 0.05) is 6.07 Å². The lowest BCUT2D eigenvalue weighted by molar-refractivity contribution is 0.600. The van der Waals surface area contributed by atoms with E-state index in [1.165, 1.54) is 12.3 Å². The van der Waals surface area contributed by atoms with Crippen LogP contribution in [0, 0.1) is 19.7 Å². The predicted molar refractivity (Wildman–Crippen MR) is 70.9 cm³/mol. The van der Waals surface area contributed by atoms with E-state index < -0.39 is 15.8 Å². The van der Waals surface area contributed by atoms with Gasteiger partial charge in [0.2, 0.25) is 0 Å². The molecule has 1 N–H and O–H groups in total. The standard InChI is InChI=1S/C13H13FN2O2S/c1-9-3-4-13(10(2)5-9)19(17,18)16-12-6-11(14)7-15-8-12/h3-8,16H,1-2H3. The maximum Gasteiger partial charge on any atom is 0.262 e. The first-order valence-corrected chi connectivity index (χ1v) is 7.07. The van der Waals surface area contributed by atoms with Gasteiger partial charge >= 0.3 is 0 Å². The summed E-state index contributed by atoms with van der Waals surface area (Å²) >= 11 is 0. The molecule has 0 aliphatic rings. The van der Waals surface area contributed by atoms with Crippen molar-refractivity contribution in [3.8, 4) is 0 Å². The number of hydrogen-bond donors (Lipinski definition) is 1. The number of nitrogens with zero attached hydrogens (tertiary/aromatic N) is 1. The van der Waals surface area contributed by atoms with Crippen LogP contribution in [0.25, 0.3) is 0 Å². The van der Waals surface area contributed by atoms with E-state index >= 15 is 0 Å². The van der Waals surface area contributed by atoms with E-state index in [0.29, 0.717) is 5.56 Å². The molecule has 0 spiro atoms. The number of pyridine rings is 1. The molecule has 0 amide bonds. The molecule has 1 heterocycles. The number of hydrogen-bond acceptors (Lipinski definition) is 3. The lowest BCUT2D eigenvalue weighted by Crippen LogP contribution is -2.14. The summed E-state index contributed by atoms with van der Waals surface area (Å²) in [5, 5.41) is 0. The van der Waals surface area contributed by atoms with Crippen molar-refractivity contribution in [3.63, 3.8) is 0 Å². The highest BCUT2D eigenvalue weighted by molar-refractivity contribution is 7.92. The van der Waals surface area contributed by atoms with E-state index in [1.54, 1.807) is 19.1 Å². The highest BCUT2D eigenvalue weighted by Gasteiger charge is 2.17. The van der Waals surface area contributed by atoms with E-state index in [1.807, 2.05) is 6.92 Å². The average Bonchev–Trinajstić information content (AvgIpc) is 2.27. The SMILES string of the molecule is Cc1ccc(S(=O)(=O)Nc2cncc(F)c2)c(C)c1. The number of aryl methyl sites for hydroxylation is 2. The lowest BCUT2D eigenvalue weighted by Gasteiger charge is -2.10. The molecule has 6 heteroatoms. The van der Waals surface area contributed by atoms with Crippen LogP contribution < -0.4 is 4.72 Å². The molecule has 19 heavy (non-hydrogen) atoms. The van der Waals surface area contributed by atoms with Crippen molar-refractivity contribution < 1.29 is 12.8 Å². The van der Waals surface area contributed by atoms with E-state index in [0.717, 1.165) is 17.8 Å². The topological polar surface area (TPSA) is 59.1 Å². The van der Waals surface area contributed by atoms with E-state index in [2.05, 4.69) is 9.71 Å². The van der Waals surface area contributed by atoms with Crippen LogP contribution in [0.2, 0.25) is 0 Å². The minimum absolute atomic E-state index is 0.0972. The third-order valence-corrected chi connectivity index (χ3v) is 4.12. The summed E-state index contributed by atoms with van der Waals surface area (Å²) in [5.41, 5.74) is 1.71. The molecule has 0 unspecified atom stereocenters. The first-order valence-electron chi connectivity index (χ1n) is 5.59. The monoisotopic (exact) mass is 280 g/mol. The molecule has 0 saturated carbocycles. The molecule has 2 rings (SSSR count). The molecule has 0 bridgehead atoms. The van der Waals surface area contributed by atoms with Gasteiger partial charge in [-0.15, -0.1) is 0 Å². The summed E-state index contributed by atoms with van der Waals surface area (Å²) in [6.45, 7) is 3.60. The van der Waals surface area contributed by atoms with Gasteiger partial charge in [-0.1, -0.05) is 17.7 Å². The van der Waals surface area contributed by atoms with Crippen molar-refractivity contribution in [2.75, 3.05) is 4.72 Å². The smallest absolute Gasteiger partial charge is 0.262 e. The van der Waals surface area contributed by atoms with Crippen molar-refractivity contribution in [2.45, 2.75) is 18.7 Å². The number of sulfonamides is 1. The number of benzene rings is 1. The maximum atomic E-state index is 13.0. The Morgan fingerprint density at radius 3 is 2.53 bits per heavy atom. The lowest BCUT2D eigenvalue weighted by atomic mass is 10.2. The summed E-state index contributed by atoms with van der Waals surface area (Å²) in [6.07, 6.45) is 2.26. The third-order valence-electron chi connectivity index (χ3n) is 2.58. The van der Waals surface area contributed by atoms with Crippen LogP contribution >= 0.6 is 0 Å². The molecule has 1 aromatic carbocycles. The van der Waals surface area contributed by atoms with Crippen LogP contribution in [0.1, 0.15) is 11.1 Å². The zero-order valence-corrected chi connectivity index (χ0v) is 11.3. The molecule has 1 aromatic heterocycles.